The van der Waals surface area contributed by atoms with E-state index in [-0.39, 0.29) is 31.1 Å². The van der Waals surface area contributed by atoms with Crippen LogP contribution in [0.4, 0.5) is 0 Å². The van der Waals surface area contributed by atoms with Crippen molar-refractivity contribution in [3.63, 3.8) is 0 Å². The van der Waals surface area contributed by atoms with E-state index in [1.165, 1.54) is 199 Å². The summed E-state index contributed by atoms with van der Waals surface area (Å²) >= 11 is 0. The maximum Gasteiger partial charge on any atom is 0.306 e. The van der Waals surface area contributed by atoms with Crippen LogP contribution in [-0.2, 0) is 28.6 Å². The third-order valence-electron chi connectivity index (χ3n) is 13.4. The van der Waals surface area contributed by atoms with Crippen molar-refractivity contribution in [3.8, 4) is 0 Å². The molecule has 6 nitrogen and oxygen atoms in total. The van der Waals surface area contributed by atoms with Crippen molar-refractivity contribution >= 4 is 17.9 Å². The molecule has 0 heterocycles. The molecule has 0 spiro atoms. The first-order valence-corrected chi connectivity index (χ1v) is 30.4. The molecule has 0 bridgehead atoms. The van der Waals surface area contributed by atoms with Gasteiger partial charge in [0.1, 0.15) is 13.2 Å². The molecule has 70 heavy (non-hydrogen) atoms. The van der Waals surface area contributed by atoms with Crippen LogP contribution in [0.3, 0.4) is 0 Å². The number of carbonyl (C=O) groups excluding carboxylic acids is 3. The molecule has 0 saturated heterocycles. The first-order valence-electron chi connectivity index (χ1n) is 30.4. The Morgan fingerprint density at radius 3 is 0.871 bits per heavy atom. The summed E-state index contributed by atoms with van der Waals surface area (Å²) in [6.07, 6.45) is 73.6. The standard InChI is InChI=1S/C64H114O6/c1-4-7-10-13-16-19-22-25-28-30-32-34-36-39-42-45-48-51-54-57-63(66)69-60-61(59-68-62(65)56-53-50-47-44-41-38-35-27-24-21-18-15-12-9-6-3)70-64(67)58-55-52-49-46-43-40-37-33-31-29-26-23-20-17-14-11-8-5-2/h9,12,15,18,21,24,27,35,38,41,61H,4-8,10-11,13-14,16-17,19-20,22-23,25-26,28-34,36-37,39-40,42-60H2,1-3H3/b12-9-,18-15-,24-21-,35-27-,41-38-. The molecule has 0 amide bonds. The minimum Gasteiger partial charge on any atom is -0.462 e. The lowest BCUT2D eigenvalue weighted by Crippen LogP contribution is -2.30. The van der Waals surface area contributed by atoms with Crippen molar-refractivity contribution in [1.29, 1.82) is 0 Å². The van der Waals surface area contributed by atoms with Crippen molar-refractivity contribution in [1.82, 2.24) is 0 Å². The highest BCUT2D eigenvalue weighted by atomic mass is 16.6. The van der Waals surface area contributed by atoms with Gasteiger partial charge in [-0.2, -0.15) is 0 Å². The Morgan fingerprint density at radius 1 is 0.300 bits per heavy atom. The van der Waals surface area contributed by atoms with Crippen molar-refractivity contribution in [2.75, 3.05) is 13.2 Å². The molecule has 0 aromatic carbocycles. The van der Waals surface area contributed by atoms with Gasteiger partial charge < -0.3 is 14.2 Å². The predicted octanol–water partition coefficient (Wildman–Crippen LogP) is 20.4. The molecule has 1 atom stereocenters. The number of carbonyl (C=O) groups is 3. The van der Waals surface area contributed by atoms with E-state index in [1.807, 2.05) is 42.5 Å². The van der Waals surface area contributed by atoms with E-state index in [2.05, 4.69) is 39.0 Å². The van der Waals surface area contributed by atoms with Crippen LogP contribution in [0.15, 0.2) is 60.8 Å². The van der Waals surface area contributed by atoms with Gasteiger partial charge >= 0.3 is 17.9 Å². The van der Waals surface area contributed by atoms with Crippen LogP contribution < -0.4 is 0 Å². The number of allylic oxidation sites excluding steroid dienone is 10. The zero-order chi connectivity index (χ0) is 50.7. The molecular formula is C64H114O6. The number of unbranched alkanes of at least 4 members (excludes halogenated alkanes) is 38. The summed E-state index contributed by atoms with van der Waals surface area (Å²) in [5.74, 6) is -0.908. The normalized spacial score (nSPS) is 12.4. The number of hydrogen-bond acceptors (Lipinski definition) is 6. The largest absolute Gasteiger partial charge is 0.462 e. The average molecular weight is 980 g/mol. The zero-order valence-electron chi connectivity index (χ0n) is 46.5. The molecule has 0 radical (unpaired) electrons. The molecule has 0 saturated carbocycles. The van der Waals surface area contributed by atoms with Crippen LogP contribution in [0.2, 0.25) is 0 Å². The second-order valence-corrected chi connectivity index (χ2v) is 20.4. The quantitative estimate of drug-likeness (QED) is 0.0261. The van der Waals surface area contributed by atoms with Gasteiger partial charge in [0.05, 0.1) is 0 Å². The number of hydrogen-bond donors (Lipinski definition) is 0. The Labute approximate surface area is 434 Å². The van der Waals surface area contributed by atoms with Gasteiger partial charge in [-0.3, -0.25) is 14.4 Å². The third kappa shape index (κ3) is 56.0. The van der Waals surface area contributed by atoms with Crippen molar-refractivity contribution in [2.24, 2.45) is 0 Å². The minimum atomic E-state index is -0.789. The summed E-state index contributed by atoms with van der Waals surface area (Å²) in [6, 6.07) is 0. The molecule has 406 valence electrons. The van der Waals surface area contributed by atoms with Crippen LogP contribution in [0, 0.1) is 0 Å². The fourth-order valence-corrected chi connectivity index (χ4v) is 8.88. The minimum absolute atomic E-state index is 0.0837. The monoisotopic (exact) mass is 979 g/mol. The van der Waals surface area contributed by atoms with E-state index in [1.54, 1.807) is 0 Å². The fourth-order valence-electron chi connectivity index (χ4n) is 8.88. The summed E-state index contributed by atoms with van der Waals surface area (Å²) < 4.78 is 16.9. The van der Waals surface area contributed by atoms with Crippen molar-refractivity contribution < 1.29 is 28.6 Å². The van der Waals surface area contributed by atoms with E-state index >= 15 is 0 Å². The van der Waals surface area contributed by atoms with Gasteiger partial charge in [-0.05, 0) is 38.5 Å². The third-order valence-corrected chi connectivity index (χ3v) is 13.4. The number of rotatable bonds is 55. The van der Waals surface area contributed by atoms with Gasteiger partial charge in [-0.15, -0.1) is 0 Å². The van der Waals surface area contributed by atoms with Crippen molar-refractivity contribution in [2.45, 2.75) is 316 Å². The molecule has 0 aliphatic rings. The first kappa shape index (κ1) is 67.1. The average Bonchev–Trinajstić information content (AvgIpc) is 3.36. The van der Waals surface area contributed by atoms with E-state index in [4.69, 9.17) is 14.2 Å². The molecule has 0 aliphatic carbocycles. The summed E-state index contributed by atoms with van der Waals surface area (Å²) in [4.78, 5) is 38.2. The Balaban J connectivity index is 4.37. The van der Waals surface area contributed by atoms with Gasteiger partial charge in [0.2, 0.25) is 0 Å². The summed E-state index contributed by atoms with van der Waals surface area (Å²) in [7, 11) is 0. The molecule has 0 aromatic heterocycles. The van der Waals surface area contributed by atoms with E-state index in [0.29, 0.717) is 19.3 Å². The first-order chi connectivity index (χ1) is 34.5. The molecule has 0 rings (SSSR count). The van der Waals surface area contributed by atoms with Gasteiger partial charge in [-0.25, -0.2) is 0 Å². The van der Waals surface area contributed by atoms with Gasteiger partial charge in [0, 0.05) is 19.3 Å². The molecule has 0 aromatic rings. The second-order valence-electron chi connectivity index (χ2n) is 20.4. The SMILES string of the molecule is CC\C=C/C=C\C=C/C=C\C=C/CCCCCC(=O)OCC(COC(=O)CCCCCCCCCCCCCCCCCCCCC)OC(=O)CCCCCCCCCCCCCCCCCCCC. The summed E-state index contributed by atoms with van der Waals surface area (Å²) in [5.41, 5.74) is 0. The lowest BCUT2D eigenvalue weighted by atomic mass is 10.0. The smallest absolute Gasteiger partial charge is 0.306 e. The highest BCUT2D eigenvalue weighted by molar-refractivity contribution is 5.71. The van der Waals surface area contributed by atoms with Gasteiger partial charge in [-0.1, -0.05) is 313 Å². The van der Waals surface area contributed by atoms with Gasteiger partial charge in [0.25, 0.3) is 0 Å². The van der Waals surface area contributed by atoms with Crippen LogP contribution in [0.5, 0.6) is 0 Å². The number of esters is 3. The Bertz CT molecular complexity index is 1260. The predicted molar refractivity (Wildman–Crippen MR) is 302 cm³/mol. The molecule has 6 heteroatoms. The lowest BCUT2D eigenvalue weighted by molar-refractivity contribution is -0.167. The summed E-state index contributed by atoms with van der Waals surface area (Å²) in [5, 5.41) is 0. The Hall–Kier alpha value is -2.89. The molecule has 0 aliphatic heterocycles. The van der Waals surface area contributed by atoms with Crippen LogP contribution in [0.1, 0.15) is 310 Å². The molecule has 0 N–H and O–H groups in total. The Morgan fingerprint density at radius 2 is 0.557 bits per heavy atom. The molecule has 1 unspecified atom stereocenters. The van der Waals surface area contributed by atoms with E-state index in [9.17, 15) is 14.4 Å². The Kier molecular flexibility index (Phi) is 56.3. The van der Waals surface area contributed by atoms with Crippen LogP contribution in [-0.4, -0.2) is 37.2 Å². The highest BCUT2D eigenvalue weighted by Gasteiger charge is 2.19. The highest BCUT2D eigenvalue weighted by Crippen LogP contribution is 2.17. The van der Waals surface area contributed by atoms with E-state index < -0.39 is 6.10 Å². The second kappa shape index (κ2) is 58.7. The topological polar surface area (TPSA) is 78.9 Å². The lowest BCUT2D eigenvalue weighted by Gasteiger charge is -2.18. The maximum absolute atomic E-state index is 12.9. The van der Waals surface area contributed by atoms with Crippen LogP contribution in [0.25, 0.3) is 0 Å². The fraction of sp³-hybridized carbons (Fsp3) is 0.797. The van der Waals surface area contributed by atoms with E-state index in [0.717, 1.165) is 70.6 Å². The molecular weight excluding hydrogens is 865 g/mol. The van der Waals surface area contributed by atoms with Crippen molar-refractivity contribution in [3.05, 3.63) is 60.8 Å². The molecule has 0 fully saturated rings. The maximum atomic E-state index is 12.9. The zero-order valence-corrected chi connectivity index (χ0v) is 46.5. The van der Waals surface area contributed by atoms with Gasteiger partial charge in [0.15, 0.2) is 6.10 Å². The summed E-state index contributed by atoms with van der Waals surface area (Å²) in [6.45, 7) is 6.51. The number of ether oxygens (including phenoxy) is 3. The van der Waals surface area contributed by atoms with Crippen LogP contribution >= 0.6 is 0 Å².